The Bertz CT molecular complexity index is 957. The van der Waals surface area contributed by atoms with Gasteiger partial charge < -0.3 is 4.74 Å². The molecule has 1 heterocycles. The van der Waals surface area contributed by atoms with Gasteiger partial charge in [0, 0.05) is 12.3 Å². The van der Waals surface area contributed by atoms with Gasteiger partial charge >= 0.3 is 12.5 Å². The molecule has 1 aliphatic carbocycles. The van der Waals surface area contributed by atoms with Crippen molar-refractivity contribution in [1.29, 1.82) is 0 Å². The molecule has 9 heteroatoms. The van der Waals surface area contributed by atoms with Crippen LogP contribution in [0.5, 0.6) is 0 Å². The second-order valence-corrected chi connectivity index (χ2v) is 7.75. The number of rotatable bonds is 7. The Hall–Kier alpha value is -2.58. The normalized spacial score (nSPS) is 23.0. The van der Waals surface area contributed by atoms with Crippen molar-refractivity contribution < 1.29 is 32.2 Å². The Morgan fingerprint density at radius 3 is 2.66 bits per heavy atom. The number of fused-ring (bicyclic) bond motifs is 1. The highest BCUT2D eigenvalue weighted by atomic mass is 35.5. The second-order valence-electron chi connectivity index (χ2n) is 7.48. The van der Waals surface area contributed by atoms with E-state index in [-0.39, 0.29) is 18.9 Å². The molecule has 1 saturated heterocycles. The minimum absolute atomic E-state index is 0.0542. The van der Waals surface area contributed by atoms with E-state index in [4.69, 9.17) is 16.3 Å². The molecule has 0 N–H and O–H groups in total. The maximum Gasteiger partial charge on any atom is 0.522 e. The Morgan fingerprint density at radius 2 is 2.03 bits per heavy atom. The van der Waals surface area contributed by atoms with E-state index >= 15 is 0 Å². The lowest BCUT2D eigenvalue weighted by Crippen LogP contribution is -2.42. The molecule has 2 aliphatic rings. The number of Topliss-reactive ketones (excluding diaryl/α,β-unsaturated/α-hetero) is 1. The van der Waals surface area contributed by atoms with Gasteiger partial charge in [-0.15, -0.1) is 24.8 Å². The first-order valence-electron chi connectivity index (χ1n) is 10.0. The Labute approximate surface area is 189 Å². The van der Waals surface area contributed by atoms with Crippen LogP contribution in [0.2, 0.25) is 0 Å². The van der Waals surface area contributed by atoms with Crippen molar-refractivity contribution in [1.82, 2.24) is 4.90 Å². The smallest absolute Gasteiger partial charge is 0.448 e. The SMILES string of the molecule is C=CC1=C(/C=C\C)c2ccccc2C1COC(=O)N1C[C@H](OC(F)(F)F)C[C@H]1C(=O)CCl. The number of nitrogens with zero attached hydrogens (tertiary/aromatic N) is 1. The van der Waals surface area contributed by atoms with Crippen LogP contribution < -0.4 is 0 Å². The number of benzene rings is 1. The molecule has 1 fully saturated rings. The van der Waals surface area contributed by atoms with Crippen molar-refractivity contribution in [3.05, 3.63) is 65.8 Å². The number of carbonyl (C=O) groups excluding carboxylic acids is 2. The lowest BCUT2D eigenvalue weighted by Gasteiger charge is -2.24. The highest BCUT2D eigenvalue weighted by Gasteiger charge is 2.45. The zero-order valence-electron chi connectivity index (χ0n) is 17.4. The van der Waals surface area contributed by atoms with Crippen molar-refractivity contribution in [2.45, 2.75) is 37.8 Å². The summed E-state index contributed by atoms with van der Waals surface area (Å²) in [5, 5.41) is 0. The lowest BCUT2D eigenvalue weighted by atomic mass is 9.96. The number of hydrogen-bond acceptors (Lipinski definition) is 4. The van der Waals surface area contributed by atoms with Crippen LogP contribution in [0.15, 0.2) is 54.6 Å². The summed E-state index contributed by atoms with van der Waals surface area (Å²) >= 11 is 5.59. The van der Waals surface area contributed by atoms with Crippen LogP contribution >= 0.6 is 11.6 Å². The molecule has 1 aromatic rings. The van der Waals surface area contributed by atoms with Gasteiger partial charge in [0.1, 0.15) is 6.61 Å². The number of hydrogen-bond donors (Lipinski definition) is 0. The van der Waals surface area contributed by atoms with Gasteiger partial charge in [-0.05, 0) is 29.2 Å². The van der Waals surface area contributed by atoms with E-state index in [9.17, 15) is 22.8 Å². The number of ketones is 1. The molecule has 0 aromatic heterocycles. The van der Waals surface area contributed by atoms with Crippen LogP contribution in [0.3, 0.4) is 0 Å². The predicted octanol–water partition coefficient (Wildman–Crippen LogP) is 5.22. The number of amides is 1. The maximum absolute atomic E-state index is 12.8. The van der Waals surface area contributed by atoms with Gasteiger partial charge in [-0.1, -0.05) is 49.1 Å². The summed E-state index contributed by atoms with van der Waals surface area (Å²) in [6.07, 6.45) is -1.87. The van der Waals surface area contributed by atoms with Crippen molar-refractivity contribution in [2.75, 3.05) is 19.0 Å². The fourth-order valence-electron chi connectivity index (χ4n) is 4.25. The fourth-order valence-corrected chi connectivity index (χ4v) is 4.42. The van der Waals surface area contributed by atoms with Crippen molar-refractivity contribution in [2.24, 2.45) is 0 Å². The number of likely N-dealkylation sites (tertiary alicyclic amines) is 1. The molecule has 1 aliphatic heterocycles. The van der Waals surface area contributed by atoms with E-state index in [1.54, 1.807) is 6.08 Å². The van der Waals surface area contributed by atoms with Gasteiger partial charge in [0.25, 0.3) is 0 Å². The Kier molecular flexibility index (Phi) is 7.46. The van der Waals surface area contributed by atoms with Crippen molar-refractivity contribution in [3.8, 4) is 0 Å². The van der Waals surface area contributed by atoms with Crippen LogP contribution in [0, 0.1) is 0 Å². The first kappa shape index (κ1) is 24.1. The van der Waals surface area contributed by atoms with Crippen LogP contribution in [-0.4, -0.2) is 54.3 Å². The molecule has 1 unspecified atom stereocenters. The van der Waals surface area contributed by atoms with Gasteiger partial charge in [0.15, 0.2) is 5.78 Å². The van der Waals surface area contributed by atoms with Crippen molar-refractivity contribution in [3.63, 3.8) is 0 Å². The minimum atomic E-state index is -4.88. The van der Waals surface area contributed by atoms with E-state index in [2.05, 4.69) is 11.3 Å². The average molecular weight is 470 g/mol. The minimum Gasteiger partial charge on any atom is -0.448 e. The van der Waals surface area contributed by atoms with Gasteiger partial charge in [-0.2, -0.15) is 0 Å². The number of ether oxygens (including phenoxy) is 2. The lowest BCUT2D eigenvalue weighted by molar-refractivity contribution is -0.340. The Morgan fingerprint density at radius 1 is 1.31 bits per heavy atom. The largest absolute Gasteiger partial charge is 0.522 e. The summed E-state index contributed by atoms with van der Waals surface area (Å²) in [5.41, 5.74) is 3.80. The van der Waals surface area contributed by atoms with Crippen LogP contribution in [0.25, 0.3) is 5.57 Å². The molecule has 0 bridgehead atoms. The molecule has 0 radical (unpaired) electrons. The number of carbonyl (C=O) groups is 2. The van der Waals surface area contributed by atoms with Crippen LogP contribution in [0.4, 0.5) is 18.0 Å². The zero-order valence-corrected chi connectivity index (χ0v) is 18.2. The molecule has 172 valence electrons. The highest BCUT2D eigenvalue weighted by Crippen LogP contribution is 2.43. The van der Waals surface area contributed by atoms with E-state index in [0.29, 0.717) is 0 Å². The van der Waals surface area contributed by atoms with Crippen molar-refractivity contribution >= 4 is 29.1 Å². The summed E-state index contributed by atoms with van der Waals surface area (Å²) in [4.78, 5) is 25.9. The van der Waals surface area contributed by atoms with Gasteiger partial charge in [0.2, 0.25) is 0 Å². The summed E-state index contributed by atoms with van der Waals surface area (Å²) in [7, 11) is 0. The van der Waals surface area contributed by atoms with Gasteiger partial charge in [-0.3, -0.25) is 14.4 Å². The summed E-state index contributed by atoms with van der Waals surface area (Å²) in [6, 6.07) is 6.55. The van der Waals surface area contributed by atoms with Crippen LogP contribution in [0.1, 0.15) is 30.4 Å². The van der Waals surface area contributed by atoms with Gasteiger partial charge in [-0.25, -0.2) is 4.79 Å². The molecule has 3 atom stereocenters. The number of halogens is 4. The molecular formula is C23H23ClF3NO4. The van der Waals surface area contributed by atoms with E-state index in [0.717, 1.165) is 27.2 Å². The quantitative estimate of drug-likeness (QED) is 0.513. The molecule has 3 rings (SSSR count). The van der Waals surface area contributed by atoms with E-state index in [1.807, 2.05) is 43.3 Å². The molecule has 32 heavy (non-hydrogen) atoms. The molecule has 0 saturated carbocycles. The molecule has 0 spiro atoms. The monoisotopic (exact) mass is 469 g/mol. The standard InChI is InChI=1S/C23H23ClF3NO4/c1-3-7-16-15(4-2)19(18-9-6-5-8-17(16)18)13-31-22(30)28-12-14(32-23(25,26)27)10-20(28)21(29)11-24/h3-9,14,19-20H,2,10-13H2,1H3/b7-3-/t14-,19?,20+/m1/s1. The number of allylic oxidation sites excluding steroid dienone is 4. The third-order valence-corrected chi connectivity index (χ3v) is 5.80. The molecule has 5 nitrogen and oxygen atoms in total. The van der Waals surface area contributed by atoms with E-state index < -0.39 is 42.8 Å². The molecule has 1 amide bonds. The summed E-state index contributed by atoms with van der Waals surface area (Å²) in [6.45, 7) is 5.30. The summed E-state index contributed by atoms with van der Waals surface area (Å²) < 4.78 is 47.4. The predicted molar refractivity (Wildman–Crippen MR) is 114 cm³/mol. The third-order valence-electron chi connectivity index (χ3n) is 5.54. The zero-order chi connectivity index (χ0) is 23.5. The van der Waals surface area contributed by atoms with Crippen LogP contribution in [-0.2, 0) is 14.3 Å². The summed E-state index contributed by atoms with van der Waals surface area (Å²) in [5.74, 6) is -1.28. The molecule has 1 aromatic carbocycles. The topological polar surface area (TPSA) is 55.8 Å². The van der Waals surface area contributed by atoms with Gasteiger partial charge in [0.05, 0.1) is 24.6 Å². The molecular weight excluding hydrogens is 447 g/mol. The fraction of sp³-hybridized carbons (Fsp3) is 0.391. The number of alkyl halides is 4. The maximum atomic E-state index is 12.8. The second kappa shape index (κ2) is 9.92. The van der Waals surface area contributed by atoms with E-state index in [1.165, 1.54) is 0 Å². The first-order valence-corrected chi connectivity index (χ1v) is 10.6. The first-order chi connectivity index (χ1) is 15.2. The third kappa shape index (κ3) is 5.07. The average Bonchev–Trinajstić information content (AvgIpc) is 3.29. The highest BCUT2D eigenvalue weighted by molar-refractivity contribution is 6.28. The Balaban J connectivity index is 1.77.